The topological polar surface area (TPSA) is 50.8 Å². The van der Waals surface area contributed by atoms with Crippen LogP contribution in [-0.4, -0.2) is 21.6 Å². The quantitative estimate of drug-likeness (QED) is 0.448. The summed E-state index contributed by atoms with van der Waals surface area (Å²) in [6.45, 7) is 0.612. The molecule has 0 bridgehead atoms. The van der Waals surface area contributed by atoms with Crippen molar-refractivity contribution in [2.75, 3.05) is 6.61 Å². The molecule has 5 heteroatoms. The molecule has 4 aromatic rings. The highest BCUT2D eigenvalue weighted by Gasteiger charge is 2.14. The molecule has 0 amide bonds. The Kier molecular flexibility index (Phi) is 5.43. The van der Waals surface area contributed by atoms with Gasteiger partial charge < -0.3 is 9.72 Å². The molecule has 0 spiro atoms. The molecule has 0 fully saturated rings. The number of imidazole rings is 1. The number of aromatic nitrogens is 3. The van der Waals surface area contributed by atoms with Crippen LogP contribution in [0.5, 0.6) is 5.75 Å². The van der Waals surface area contributed by atoms with Crippen molar-refractivity contribution in [3.63, 3.8) is 0 Å². The second-order valence-electron chi connectivity index (χ2n) is 6.41. The van der Waals surface area contributed by atoms with Crippen molar-refractivity contribution >= 4 is 0 Å². The molecule has 1 N–H and O–H groups in total. The number of rotatable bonds is 7. The fourth-order valence-corrected chi connectivity index (χ4v) is 3.03. The van der Waals surface area contributed by atoms with E-state index in [2.05, 4.69) is 9.97 Å². The second-order valence-corrected chi connectivity index (χ2v) is 6.41. The van der Waals surface area contributed by atoms with Crippen LogP contribution in [0.2, 0.25) is 0 Å². The number of nitrogens with one attached hydrogen (secondary N) is 1. The van der Waals surface area contributed by atoms with Crippen molar-refractivity contribution in [3.8, 4) is 28.3 Å². The first kappa shape index (κ1) is 17.9. The number of halogens is 1. The number of hydrogen-bond donors (Lipinski definition) is 1. The number of hydrogen-bond acceptors (Lipinski definition) is 3. The molecule has 0 atom stereocenters. The third-order valence-corrected chi connectivity index (χ3v) is 4.41. The molecule has 140 valence electrons. The van der Waals surface area contributed by atoms with Gasteiger partial charge in [0.05, 0.1) is 18.0 Å². The summed E-state index contributed by atoms with van der Waals surface area (Å²) in [5, 5.41) is 0. The molecule has 0 unspecified atom stereocenters. The fourth-order valence-electron chi connectivity index (χ4n) is 3.03. The zero-order valence-corrected chi connectivity index (χ0v) is 15.3. The fraction of sp³-hybridized carbons (Fsp3) is 0.130. The van der Waals surface area contributed by atoms with Crippen molar-refractivity contribution in [2.24, 2.45) is 0 Å². The lowest BCUT2D eigenvalue weighted by Crippen LogP contribution is -2.00. The van der Waals surface area contributed by atoms with E-state index < -0.39 is 0 Å². The standard InChI is InChI=1S/C23H20FN3O/c24-19-10-8-17(9-11-19)22-23(18-12-14-25-15-13-18)27-21(26-22)7-4-16-28-20-5-2-1-3-6-20/h1-3,5-6,8-15H,4,7,16H2,(H,26,27). The molecule has 0 aliphatic heterocycles. The Labute approximate surface area is 163 Å². The molecule has 4 nitrogen and oxygen atoms in total. The summed E-state index contributed by atoms with van der Waals surface area (Å²) in [7, 11) is 0. The number of aryl methyl sites for hydroxylation is 1. The van der Waals surface area contributed by atoms with Crippen molar-refractivity contribution in [3.05, 3.63) is 90.8 Å². The summed E-state index contributed by atoms with van der Waals surface area (Å²) < 4.78 is 19.1. The number of benzene rings is 2. The largest absolute Gasteiger partial charge is 0.494 e. The lowest BCUT2D eigenvalue weighted by atomic mass is 10.1. The van der Waals surface area contributed by atoms with Crippen LogP contribution < -0.4 is 4.74 Å². The zero-order valence-electron chi connectivity index (χ0n) is 15.3. The molecule has 2 aromatic heterocycles. The van der Waals surface area contributed by atoms with E-state index in [0.717, 1.165) is 46.9 Å². The number of aromatic amines is 1. The third kappa shape index (κ3) is 4.26. The lowest BCUT2D eigenvalue weighted by Gasteiger charge is -2.04. The van der Waals surface area contributed by atoms with E-state index in [1.165, 1.54) is 12.1 Å². The van der Waals surface area contributed by atoms with Crippen LogP contribution in [0.15, 0.2) is 79.1 Å². The van der Waals surface area contributed by atoms with Crippen LogP contribution in [0.1, 0.15) is 12.2 Å². The predicted octanol–water partition coefficient (Wildman–Crippen LogP) is 5.29. The number of pyridine rings is 1. The van der Waals surface area contributed by atoms with Gasteiger partial charge in [-0.15, -0.1) is 0 Å². The second kappa shape index (κ2) is 8.48. The molecule has 2 heterocycles. The maximum Gasteiger partial charge on any atom is 0.123 e. The first-order valence-electron chi connectivity index (χ1n) is 9.23. The molecule has 28 heavy (non-hydrogen) atoms. The molecule has 0 radical (unpaired) electrons. The summed E-state index contributed by atoms with van der Waals surface area (Å²) in [5.41, 5.74) is 3.59. The van der Waals surface area contributed by atoms with E-state index in [1.807, 2.05) is 42.5 Å². The summed E-state index contributed by atoms with van der Waals surface area (Å²) in [6, 6.07) is 20.0. The summed E-state index contributed by atoms with van der Waals surface area (Å²) in [5.74, 6) is 1.48. The summed E-state index contributed by atoms with van der Waals surface area (Å²) >= 11 is 0. The van der Waals surface area contributed by atoms with Crippen molar-refractivity contribution in [1.29, 1.82) is 0 Å². The van der Waals surface area contributed by atoms with E-state index in [-0.39, 0.29) is 5.82 Å². The highest BCUT2D eigenvalue weighted by molar-refractivity contribution is 5.78. The Morgan fingerprint density at radius 3 is 2.36 bits per heavy atom. The zero-order chi connectivity index (χ0) is 19.2. The first-order chi connectivity index (χ1) is 13.8. The number of para-hydroxylation sites is 1. The molecule has 0 saturated carbocycles. The van der Waals surface area contributed by atoms with Crippen molar-refractivity contribution in [2.45, 2.75) is 12.8 Å². The molecule has 0 aliphatic rings. The van der Waals surface area contributed by atoms with Crippen molar-refractivity contribution in [1.82, 2.24) is 15.0 Å². The highest BCUT2D eigenvalue weighted by atomic mass is 19.1. The Bertz CT molecular complexity index is 1010. The molecular formula is C23H20FN3O. The molecular weight excluding hydrogens is 353 g/mol. The predicted molar refractivity (Wildman–Crippen MR) is 107 cm³/mol. The average molecular weight is 373 g/mol. The SMILES string of the molecule is Fc1ccc(-c2nc(CCCOc3ccccc3)[nH]c2-c2ccncc2)cc1. The third-order valence-electron chi connectivity index (χ3n) is 4.41. The van der Waals surface area contributed by atoms with E-state index in [0.29, 0.717) is 6.61 Å². The van der Waals surface area contributed by atoms with E-state index in [4.69, 9.17) is 9.72 Å². The number of H-pyrrole nitrogens is 1. The minimum Gasteiger partial charge on any atom is -0.494 e. The van der Waals surface area contributed by atoms with Gasteiger partial charge in [0.25, 0.3) is 0 Å². The van der Waals surface area contributed by atoms with Crippen molar-refractivity contribution < 1.29 is 9.13 Å². The van der Waals surface area contributed by atoms with E-state index in [1.54, 1.807) is 24.5 Å². The van der Waals surface area contributed by atoms with Crippen LogP contribution in [0.25, 0.3) is 22.5 Å². The highest BCUT2D eigenvalue weighted by Crippen LogP contribution is 2.30. The summed E-state index contributed by atoms with van der Waals surface area (Å²) in [4.78, 5) is 12.3. The average Bonchev–Trinajstić information content (AvgIpc) is 3.17. The van der Waals surface area contributed by atoms with Crippen LogP contribution >= 0.6 is 0 Å². The van der Waals surface area contributed by atoms with Crippen LogP contribution in [0.4, 0.5) is 4.39 Å². The van der Waals surface area contributed by atoms with Gasteiger partial charge in [-0.1, -0.05) is 18.2 Å². The van der Waals surface area contributed by atoms with Gasteiger partial charge in [0.15, 0.2) is 0 Å². The summed E-state index contributed by atoms with van der Waals surface area (Å²) in [6.07, 6.45) is 5.09. The molecule has 0 saturated heterocycles. The molecule has 2 aromatic carbocycles. The lowest BCUT2D eigenvalue weighted by molar-refractivity contribution is 0.310. The van der Waals surface area contributed by atoms with Gasteiger partial charge in [-0.3, -0.25) is 4.98 Å². The molecule has 0 aliphatic carbocycles. The smallest absolute Gasteiger partial charge is 0.123 e. The van der Waals surface area contributed by atoms with Gasteiger partial charge in [-0.25, -0.2) is 9.37 Å². The van der Waals surface area contributed by atoms with Gasteiger partial charge in [0.2, 0.25) is 0 Å². The van der Waals surface area contributed by atoms with Crippen LogP contribution in [0.3, 0.4) is 0 Å². The minimum atomic E-state index is -0.261. The molecule has 4 rings (SSSR count). The van der Waals surface area contributed by atoms with Gasteiger partial charge in [-0.2, -0.15) is 0 Å². The Morgan fingerprint density at radius 1 is 0.857 bits per heavy atom. The van der Waals surface area contributed by atoms with Gasteiger partial charge in [-0.05, 0) is 55.0 Å². The van der Waals surface area contributed by atoms with Crippen LogP contribution in [-0.2, 0) is 6.42 Å². The Hall–Kier alpha value is -3.47. The van der Waals surface area contributed by atoms with E-state index >= 15 is 0 Å². The van der Waals surface area contributed by atoms with Crippen LogP contribution in [0, 0.1) is 5.82 Å². The maximum atomic E-state index is 13.3. The number of nitrogens with zero attached hydrogens (tertiary/aromatic N) is 2. The minimum absolute atomic E-state index is 0.261. The Balaban J connectivity index is 1.52. The van der Waals surface area contributed by atoms with Gasteiger partial charge >= 0.3 is 0 Å². The number of ether oxygens (including phenoxy) is 1. The normalized spacial score (nSPS) is 10.8. The van der Waals surface area contributed by atoms with Gasteiger partial charge in [0.1, 0.15) is 17.4 Å². The Morgan fingerprint density at radius 2 is 1.61 bits per heavy atom. The van der Waals surface area contributed by atoms with E-state index in [9.17, 15) is 4.39 Å². The first-order valence-corrected chi connectivity index (χ1v) is 9.23. The maximum absolute atomic E-state index is 13.3. The van der Waals surface area contributed by atoms with Gasteiger partial charge in [0, 0.05) is 29.9 Å². The monoisotopic (exact) mass is 373 g/mol.